The van der Waals surface area contributed by atoms with E-state index in [2.05, 4.69) is 36.3 Å². The molecule has 1 aliphatic heterocycles. The zero-order chi connectivity index (χ0) is 21.2. The molecule has 0 aliphatic carbocycles. The zero-order valence-corrected chi connectivity index (χ0v) is 18.7. The molecule has 1 aromatic rings. The zero-order valence-electron chi connectivity index (χ0n) is 18.7. The summed E-state index contributed by atoms with van der Waals surface area (Å²) in [6.45, 7) is 10.2. The summed E-state index contributed by atoms with van der Waals surface area (Å²) in [5.41, 5.74) is 2.34. The van der Waals surface area contributed by atoms with Gasteiger partial charge in [0.05, 0.1) is 5.56 Å². The van der Waals surface area contributed by atoms with Crippen LogP contribution in [0.15, 0.2) is 18.2 Å². The van der Waals surface area contributed by atoms with Gasteiger partial charge in [-0.05, 0) is 63.6 Å². The fraction of sp³-hybridized carbons (Fsp3) is 0.667. The second kappa shape index (κ2) is 11.8. The molecule has 1 aromatic carbocycles. The van der Waals surface area contributed by atoms with Crippen molar-refractivity contribution in [1.29, 1.82) is 0 Å². The molecule has 2 atom stereocenters. The van der Waals surface area contributed by atoms with Crippen molar-refractivity contribution < 1.29 is 9.59 Å². The average Bonchev–Trinajstić information content (AvgIpc) is 2.74. The number of unbranched alkanes of at least 4 members (excludes halogenated alkanes) is 1. The van der Waals surface area contributed by atoms with Gasteiger partial charge >= 0.3 is 0 Å². The molecular weight excluding hydrogens is 362 g/mol. The monoisotopic (exact) mass is 401 g/mol. The molecule has 0 saturated carbocycles. The lowest BCUT2D eigenvalue weighted by atomic mass is 9.98. The smallest absolute Gasteiger partial charge is 0.253 e. The van der Waals surface area contributed by atoms with Crippen molar-refractivity contribution in [3.05, 3.63) is 23.8 Å². The van der Waals surface area contributed by atoms with Crippen molar-refractivity contribution in [2.24, 2.45) is 5.92 Å². The molecule has 1 aliphatic rings. The number of amides is 2. The summed E-state index contributed by atoms with van der Waals surface area (Å²) in [7, 11) is 0. The normalized spacial score (nSPS) is 16.2. The summed E-state index contributed by atoms with van der Waals surface area (Å²) in [6.07, 6.45) is 8.33. The number of hydrogen-bond donors (Lipinski definition) is 2. The molecule has 0 spiro atoms. The van der Waals surface area contributed by atoms with Crippen LogP contribution >= 0.6 is 0 Å². The van der Waals surface area contributed by atoms with E-state index < -0.39 is 0 Å². The van der Waals surface area contributed by atoms with Crippen molar-refractivity contribution in [2.45, 2.75) is 85.1 Å². The van der Waals surface area contributed by atoms with Crippen LogP contribution in [0.2, 0.25) is 0 Å². The van der Waals surface area contributed by atoms with Crippen molar-refractivity contribution in [3.63, 3.8) is 0 Å². The van der Waals surface area contributed by atoms with E-state index in [1.807, 2.05) is 25.1 Å². The molecule has 1 fully saturated rings. The minimum atomic E-state index is -0.0611. The first-order chi connectivity index (χ1) is 14.0. The number of piperidine rings is 1. The van der Waals surface area contributed by atoms with Crippen molar-refractivity contribution in [2.75, 3.05) is 23.3 Å². The largest absolute Gasteiger partial charge is 0.371 e. The minimum Gasteiger partial charge on any atom is -0.371 e. The van der Waals surface area contributed by atoms with Crippen LogP contribution in [0.4, 0.5) is 11.4 Å². The van der Waals surface area contributed by atoms with E-state index in [-0.39, 0.29) is 23.8 Å². The first kappa shape index (κ1) is 23.2. The summed E-state index contributed by atoms with van der Waals surface area (Å²) in [6, 6.07) is 5.91. The Morgan fingerprint density at radius 3 is 2.41 bits per heavy atom. The second-order valence-corrected chi connectivity index (χ2v) is 8.30. The maximum atomic E-state index is 13.0. The second-order valence-electron chi connectivity index (χ2n) is 8.30. The number of carbonyl (C=O) groups is 2. The summed E-state index contributed by atoms with van der Waals surface area (Å²) in [5, 5.41) is 6.15. The number of benzene rings is 1. The SMILES string of the molecule is CCCC[C@@H](CC)C(=O)Nc1ccc(N2CCCCC2)c(C(=O)N[C@H](C)CC)c1. The minimum absolute atomic E-state index is 0.0223. The van der Waals surface area contributed by atoms with E-state index >= 15 is 0 Å². The van der Waals surface area contributed by atoms with Gasteiger partial charge in [-0.25, -0.2) is 0 Å². The van der Waals surface area contributed by atoms with Crippen LogP contribution in [0.1, 0.15) is 89.4 Å². The molecular formula is C24H39N3O2. The molecule has 29 heavy (non-hydrogen) atoms. The van der Waals surface area contributed by atoms with Gasteiger partial charge < -0.3 is 15.5 Å². The molecule has 162 valence electrons. The summed E-state index contributed by atoms with van der Waals surface area (Å²) in [5.74, 6) is 0.0168. The number of carbonyl (C=O) groups excluding carboxylic acids is 2. The molecule has 0 unspecified atom stereocenters. The highest BCUT2D eigenvalue weighted by molar-refractivity contribution is 6.02. The number of hydrogen-bond acceptors (Lipinski definition) is 3. The standard InChI is InChI=1S/C24H39N3O2/c1-5-8-12-19(7-3)23(28)26-20-13-14-22(27-15-10-9-11-16-27)21(17-20)24(29)25-18(4)6-2/h13-14,17-19H,5-12,15-16H2,1-4H3,(H,25,29)(H,26,28)/t18-,19-/m1/s1. The number of anilines is 2. The highest BCUT2D eigenvalue weighted by Gasteiger charge is 2.21. The van der Waals surface area contributed by atoms with Crippen LogP contribution in [-0.2, 0) is 4.79 Å². The Labute approximate surface area is 176 Å². The molecule has 0 radical (unpaired) electrons. The van der Waals surface area contributed by atoms with E-state index in [0.717, 1.165) is 63.7 Å². The van der Waals surface area contributed by atoms with Gasteiger partial charge in [-0.2, -0.15) is 0 Å². The number of nitrogens with zero attached hydrogens (tertiary/aromatic N) is 1. The van der Waals surface area contributed by atoms with Gasteiger partial charge in [0.2, 0.25) is 5.91 Å². The molecule has 0 bridgehead atoms. The summed E-state index contributed by atoms with van der Waals surface area (Å²) in [4.78, 5) is 28.0. The quantitative estimate of drug-likeness (QED) is 0.555. The average molecular weight is 402 g/mol. The maximum absolute atomic E-state index is 13.0. The Bertz CT molecular complexity index is 668. The van der Waals surface area contributed by atoms with Gasteiger partial charge in [-0.15, -0.1) is 0 Å². The predicted octanol–water partition coefficient (Wildman–Crippen LogP) is 5.36. The molecule has 5 nitrogen and oxygen atoms in total. The van der Waals surface area contributed by atoms with Crippen LogP contribution in [0.5, 0.6) is 0 Å². The van der Waals surface area contributed by atoms with Crippen molar-refractivity contribution in [3.8, 4) is 0 Å². The summed E-state index contributed by atoms with van der Waals surface area (Å²) >= 11 is 0. The van der Waals surface area contributed by atoms with Gasteiger partial charge in [0.25, 0.3) is 5.91 Å². The fourth-order valence-corrected chi connectivity index (χ4v) is 3.83. The Morgan fingerprint density at radius 2 is 1.79 bits per heavy atom. The van der Waals surface area contributed by atoms with Gasteiger partial charge in [0.1, 0.15) is 0 Å². The maximum Gasteiger partial charge on any atom is 0.253 e. The molecule has 1 saturated heterocycles. The lowest BCUT2D eigenvalue weighted by Crippen LogP contribution is -2.35. The van der Waals surface area contributed by atoms with E-state index in [1.54, 1.807) is 0 Å². The topological polar surface area (TPSA) is 61.4 Å². The first-order valence-electron chi connectivity index (χ1n) is 11.5. The Balaban J connectivity index is 2.24. The van der Waals surface area contributed by atoms with Crippen molar-refractivity contribution >= 4 is 23.2 Å². The fourth-order valence-electron chi connectivity index (χ4n) is 3.83. The summed E-state index contributed by atoms with van der Waals surface area (Å²) < 4.78 is 0. The molecule has 0 aromatic heterocycles. The third-order valence-electron chi connectivity index (χ3n) is 5.97. The lowest BCUT2D eigenvalue weighted by Gasteiger charge is -2.31. The first-order valence-corrected chi connectivity index (χ1v) is 11.5. The Kier molecular flexibility index (Phi) is 9.49. The third-order valence-corrected chi connectivity index (χ3v) is 5.97. The molecule has 2 amide bonds. The van der Waals surface area contributed by atoms with Crippen LogP contribution in [0.25, 0.3) is 0 Å². The highest BCUT2D eigenvalue weighted by Crippen LogP contribution is 2.28. The van der Waals surface area contributed by atoms with E-state index in [4.69, 9.17) is 0 Å². The molecule has 2 rings (SSSR count). The van der Waals surface area contributed by atoms with Crippen LogP contribution in [-0.4, -0.2) is 30.9 Å². The van der Waals surface area contributed by atoms with Crippen molar-refractivity contribution in [1.82, 2.24) is 5.32 Å². The molecule has 5 heteroatoms. The van der Waals surface area contributed by atoms with Gasteiger partial charge in [-0.1, -0.05) is 33.6 Å². The predicted molar refractivity (Wildman–Crippen MR) is 122 cm³/mol. The Morgan fingerprint density at radius 1 is 1.07 bits per heavy atom. The van der Waals surface area contributed by atoms with E-state index in [1.165, 1.54) is 6.42 Å². The molecule has 1 heterocycles. The Hall–Kier alpha value is -2.04. The van der Waals surface area contributed by atoms with Gasteiger partial charge in [0.15, 0.2) is 0 Å². The van der Waals surface area contributed by atoms with Crippen LogP contribution < -0.4 is 15.5 Å². The highest BCUT2D eigenvalue weighted by atomic mass is 16.2. The van der Waals surface area contributed by atoms with E-state index in [0.29, 0.717) is 11.3 Å². The van der Waals surface area contributed by atoms with Crippen LogP contribution in [0.3, 0.4) is 0 Å². The number of nitrogens with one attached hydrogen (secondary N) is 2. The third kappa shape index (κ3) is 6.76. The van der Waals surface area contributed by atoms with Crippen LogP contribution in [0, 0.1) is 5.92 Å². The van der Waals surface area contributed by atoms with Gasteiger partial charge in [0, 0.05) is 36.4 Å². The molecule has 2 N–H and O–H groups in total. The van der Waals surface area contributed by atoms with Gasteiger partial charge in [-0.3, -0.25) is 9.59 Å². The van der Waals surface area contributed by atoms with E-state index in [9.17, 15) is 9.59 Å². The lowest BCUT2D eigenvalue weighted by molar-refractivity contribution is -0.120. The number of rotatable bonds is 10.